The Labute approximate surface area is 188 Å². The van der Waals surface area contributed by atoms with E-state index in [9.17, 15) is 9.59 Å². The van der Waals surface area contributed by atoms with E-state index in [4.69, 9.17) is 0 Å². The number of amides is 1. The zero-order valence-corrected chi connectivity index (χ0v) is 19.0. The van der Waals surface area contributed by atoms with Gasteiger partial charge in [-0.3, -0.25) is 14.5 Å². The van der Waals surface area contributed by atoms with E-state index in [-0.39, 0.29) is 18.0 Å². The molecule has 5 rings (SSSR count). The Bertz CT molecular complexity index is 1220. The third kappa shape index (κ3) is 3.87. The molecule has 0 aliphatic carbocycles. The van der Waals surface area contributed by atoms with Gasteiger partial charge in [0, 0.05) is 61.9 Å². The fraction of sp³-hybridized carbons (Fsp3) is 0.440. The highest BCUT2D eigenvalue weighted by atomic mass is 16.2. The number of likely N-dealkylation sites (N-methyl/N-ethyl adjacent to an activating group) is 1. The molecule has 1 fully saturated rings. The first-order chi connectivity index (χ1) is 15.4. The van der Waals surface area contributed by atoms with Gasteiger partial charge in [0.25, 0.3) is 5.56 Å². The molecule has 0 saturated carbocycles. The van der Waals surface area contributed by atoms with Crippen molar-refractivity contribution in [1.29, 1.82) is 0 Å². The summed E-state index contributed by atoms with van der Waals surface area (Å²) in [5, 5.41) is 4.11. The van der Waals surface area contributed by atoms with Crippen LogP contribution in [0.1, 0.15) is 23.6 Å². The second kappa shape index (κ2) is 8.22. The van der Waals surface area contributed by atoms with Crippen LogP contribution < -0.4 is 10.9 Å². The normalized spacial score (nSPS) is 20.5. The Balaban J connectivity index is 1.36. The molecule has 2 bridgehead atoms. The highest BCUT2D eigenvalue weighted by Gasteiger charge is 2.35. The first-order valence-electron chi connectivity index (χ1n) is 11.3. The van der Waals surface area contributed by atoms with Crippen LogP contribution in [0.25, 0.3) is 10.9 Å². The van der Waals surface area contributed by atoms with Crippen molar-refractivity contribution < 1.29 is 4.79 Å². The maximum Gasteiger partial charge on any atom is 0.274 e. The summed E-state index contributed by atoms with van der Waals surface area (Å²) < 4.78 is 4.11. The van der Waals surface area contributed by atoms with Crippen molar-refractivity contribution in [1.82, 2.24) is 18.9 Å². The van der Waals surface area contributed by atoms with E-state index in [2.05, 4.69) is 52.3 Å². The van der Waals surface area contributed by atoms with Gasteiger partial charge in [0.1, 0.15) is 5.69 Å². The number of aromatic nitrogens is 2. The van der Waals surface area contributed by atoms with Crippen molar-refractivity contribution in [2.45, 2.75) is 25.4 Å². The summed E-state index contributed by atoms with van der Waals surface area (Å²) in [4.78, 5) is 29.6. The summed E-state index contributed by atoms with van der Waals surface area (Å²) >= 11 is 0. The van der Waals surface area contributed by atoms with Crippen molar-refractivity contribution in [2.24, 2.45) is 13.0 Å². The highest BCUT2D eigenvalue weighted by molar-refractivity contribution is 5.92. The molecular weight excluding hydrogens is 402 g/mol. The van der Waals surface area contributed by atoms with Gasteiger partial charge < -0.3 is 19.4 Å². The van der Waals surface area contributed by atoms with Gasteiger partial charge in [0.2, 0.25) is 5.91 Å². The molecule has 1 amide bonds. The van der Waals surface area contributed by atoms with Gasteiger partial charge in [0.15, 0.2) is 0 Å². The third-order valence-corrected chi connectivity index (χ3v) is 6.79. The van der Waals surface area contributed by atoms with Gasteiger partial charge in [-0.25, -0.2) is 0 Å². The van der Waals surface area contributed by atoms with E-state index in [0.29, 0.717) is 24.1 Å². The minimum Gasteiger partial charge on any atom is -0.350 e. The lowest BCUT2D eigenvalue weighted by molar-refractivity contribution is -0.116. The van der Waals surface area contributed by atoms with Crippen LogP contribution in [-0.2, 0) is 24.9 Å². The number of pyridine rings is 1. The van der Waals surface area contributed by atoms with Crippen LogP contribution in [0, 0.1) is 5.92 Å². The molecule has 4 heterocycles. The SMILES string of the molecule is CN(C)CC(=O)Nc1ccc2n(c1=O)C[C@H]1C[C@@H]2CN(Cc2cn(C)c3ccccc23)C1. The van der Waals surface area contributed by atoms with Crippen molar-refractivity contribution in [3.63, 3.8) is 0 Å². The van der Waals surface area contributed by atoms with Crippen LogP contribution in [0.2, 0.25) is 0 Å². The summed E-state index contributed by atoms with van der Waals surface area (Å²) in [6.45, 7) is 3.84. The molecule has 7 heteroatoms. The standard InChI is InChI=1S/C25H31N5O2/c1-27(2)16-24(31)26-21-8-9-22-18-10-17(12-30(22)25(21)32)11-29(14-18)15-19-13-28(3)23-7-5-4-6-20(19)23/h4-9,13,17-18H,10-12,14-16H2,1-3H3,(H,26,31)/t17-,18+/m0/s1. The molecule has 0 radical (unpaired) electrons. The molecule has 3 aromatic rings. The zero-order chi connectivity index (χ0) is 22.4. The predicted molar refractivity (Wildman–Crippen MR) is 127 cm³/mol. The summed E-state index contributed by atoms with van der Waals surface area (Å²) in [6, 6.07) is 12.4. The van der Waals surface area contributed by atoms with Crippen LogP contribution in [0.5, 0.6) is 0 Å². The summed E-state index contributed by atoms with van der Waals surface area (Å²) in [7, 11) is 5.78. The van der Waals surface area contributed by atoms with Crippen LogP contribution in [0.4, 0.5) is 5.69 Å². The molecule has 2 atom stereocenters. The molecule has 1 saturated heterocycles. The summed E-state index contributed by atoms with van der Waals surface area (Å²) in [5.74, 6) is 0.628. The summed E-state index contributed by atoms with van der Waals surface area (Å²) in [6.07, 6.45) is 3.37. The lowest BCUT2D eigenvalue weighted by atomic mass is 9.83. The number of likely N-dealkylation sites (tertiary alicyclic amines) is 1. The van der Waals surface area contributed by atoms with E-state index in [1.54, 1.807) is 11.0 Å². The Kier molecular flexibility index (Phi) is 5.39. The van der Waals surface area contributed by atoms with Crippen molar-refractivity contribution in [3.05, 3.63) is 64.2 Å². The number of anilines is 1. The molecule has 2 aliphatic heterocycles. The minimum absolute atomic E-state index is 0.0770. The first-order valence-corrected chi connectivity index (χ1v) is 11.3. The lowest BCUT2D eigenvalue weighted by Gasteiger charge is -2.43. The summed E-state index contributed by atoms with van der Waals surface area (Å²) in [5.41, 5.74) is 4.03. The van der Waals surface area contributed by atoms with Gasteiger partial charge in [-0.1, -0.05) is 18.2 Å². The average molecular weight is 434 g/mol. The van der Waals surface area contributed by atoms with E-state index in [1.165, 1.54) is 16.5 Å². The third-order valence-electron chi connectivity index (χ3n) is 6.79. The average Bonchev–Trinajstić information content (AvgIpc) is 3.05. The van der Waals surface area contributed by atoms with Gasteiger partial charge in [-0.05, 0) is 50.2 Å². The maximum absolute atomic E-state index is 13.1. The van der Waals surface area contributed by atoms with Gasteiger partial charge in [-0.15, -0.1) is 0 Å². The molecule has 0 spiro atoms. The number of aryl methyl sites for hydroxylation is 1. The fourth-order valence-electron chi connectivity index (χ4n) is 5.54. The first kappa shape index (κ1) is 21.0. The molecule has 168 valence electrons. The van der Waals surface area contributed by atoms with Crippen LogP contribution >= 0.6 is 0 Å². The van der Waals surface area contributed by atoms with E-state index >= 15 is 0 Å². The van der Waals surface area contributed by atoms with Gasteiger partial charge in [0.05, 0.1) is 6.54 Å². The monoisotopic (exact) mass is 433 g/mol. The topological polar surface area (TPSA) is 62.5 Å². The van der Waals surface area contributed by atoms with Crippen molar-refractivity contribution in [2.75, 3.05) is 39.0 Å². The number of rotatable bonds is 5. The Morgan fingerprint density at radius 1 is 1.12 bits per heavy atom. The number of para-hydroxylation sites is 1. The number of benzene rings is 1. The van der Waals surface area contributed by atoms with Gasteiger partial charge in [-0.2, -0.15) is 0 Å². The largest absolute Gasteiger partial charge is 0.350 e. The molecule has 0 unspecified atom stereocenters. The Hall–Kier alpha value is -2.90. The van der Waals surface area contributed by atoms with Crippen molar-refractivity contribution in [3.8, 4) is 0 Å². The predicted octanol–water partition coefficient (Wildman–Crippen LogP) is 2.46. The zero-order valence-electron chi connectivity index (χ0n) is 19.0. The van der Waals surface area contributed by atoms with E-state index < -0.39 is 0 Å². The quantitative estimate of drug-likeness (QED) is 0.672. The maximum atomic E-state index is 13.1. The Morgan fingerprint density at radius 2 is 1.94 bits per heavy atom. The van der Waals surface area contributed by atoms with E-state index in [0.717, 1.165) is 31.7 Å². The number of hydrogen-bond donors (Lipinski definition) is 1. The number of nitrogens with zero attached hydrogens (tertiary/aromatic N) is 4. The molecule has 7 nitrogen and oxygen atoms in total. The number of carbonyl (C=O) groups excluding carboxylic acids is 1. The number of piperidine rings is 1. The number of nitrogens with one attached hydrogen (secondary N) is 1. The highest BCUT2D eigenvalue weighted by Crippen LogP contribution is 2.36. The lowest BCUT2D eigenvalue weighted by Crippen LogP contribution is -2.47. The fourth-order valence-corrected chi connectivity index (χ4v) is 5.54. The van der Waals surface area contributed by atoms with Crippen molar-refractivity contribution >= 4 is 22.5 Å². The number of fused-ring (bicyclic) bond motifs is 5. The number of hydrogen-bond acceptors (Lipinski definition) is 4. The molecule has 1 N–H and O–H groups in total. The van der Waals surface area contributed by atoms with Crippen LogP contribution in [0.3, 0.4) is 0 Å². The molecule has 2 aliphatic rings. The molecule has 32 heavy (non-hydrogen) atoms. The second-order valence-corrected chi connectivity index (χ2v) is 9.65. The Morgan fingerprint density at radius 3 is 2.75 bits per heavy atom. The molecule has 2 aromatic heterocycles. The smallest absolute Gasteiger partial charge is 0.274 e. The number of carbonyl (C=O) groups is 1. The van der Waals surface area contributed by atoms with E-state index in [1.807, 2.05) is 24.7 Å². The van der Waals surface area contributed by atoms with Crippen LogP contribution in [-0.4, -0.2) is 58.6 Å². The van der Waals surface area contributed by atoms with Crippen LogP contribution in [0.15, 0.2) is 47.4 Å². The molecular formula is C25H31N5O2. The second-order valence-electron chi connectivity index (χ2n) is 9.65. The van der Waals surface area contributed by atoms with Gasteiger partial charge >= 0.3 is 0 Å². The minimum atomic E-state index is -0.162. The molecule has 1 aromatic carbocycles.